The minimum Gasteiger partial charge on any atom is -0.482 e. The topological polar surface area (TPSA) is 87.7 Å². The van der Waals surface area contributed by atoms with Crippen LogP contribution in [0.4, 0.5) is 0 Å². The van der Waals surface area contributed by atoms with Gasteiger partial charge in [0.1, 0.15) is 17.4 Å². The molecule has 5 rings (SSSR count). The normalized spacial score (nSPS) is 24.9. The molecule has 0 aliphatic carbocycles. The van der Waals surface area contributed by atoms with E-state index in [-0.39, 0.29) is 36.2 Å². The summed E-state index contributed by atoms with van der Waals surface area (Å²) in [5.74, 6) is -0.0733. The largest absolute Gasteiger partial charge is 0.482 e. The molecular formula is C20H22ClN3O4. The van der Waals surface area contributed by atoms with E-state index in [4.69, 9.17) is 4.74 Å². The number of fused-ring (bicyclic) bond motifs is 3. The number of hydrogen-bond donors (Lipinski definition) is 2. The predicted octanol–water partition coefficient (Wildman–Crippen LogP) is 1.40. The number of ether oxygens (including phenoxy) is 1. The minimum atomic E-state index is -0.606. The van der Waals surface area contributed by atoms with Crippen LogP contribution >= 0.6 is 12.4 Å². The van der Waals surface area contributed by atoms with E-state index in [0.717, 1.165) is 42.8 Å². The van der Waals surface area contributed by atoms with E-state index in [1.54, 1.807) is 4.90 Å². The van der Waals surface area contributed by atoms with Gasteiger partial charge in [0, 0.05) is 36.0 Å². The Kier molecular flexibility index (Phi) is 4.67. The first-order valence-corrected chi connectivity index (χ1v) is 9.46. The van der Waals surface area contributed by atoms with E-state index in [2.05, 4.69) is 22.8 Å². The monoisotopic (exact) mass is 403 g/mol. The number of halogens is 1. The Hall–Kier alpha value is -2.38. The third-order valence-corrected chi connectivity index (χ3v) is 6.02. The Morgan fingerprint density at radius 3 is 2.68 bits per heavy atom. The number of amides is 3. The van der Waals surface area contributed by atoms with Crippen molar-refractivity contribution >= 4 is 36.2 Å². The molecule has 4 heterocycles. The number of nitrogens with one attached hydrogen (secondary N) is 2. The van der Waals surface area contributed by atoms with Crippen molar-refractivity contribution in [2.75, 3.05) is 13.1 Å². The van der Waals surface area contributed by atoms with E-state index in [9.17, 15) is 14.4 Å². The molecule has 1 aromatic carbocycles. The number of nitrogens with zero attached hydrogens (tertiary/aromatic N) is 1. The molecule has 2 fully saturated rings. The summed E-state index contributed by atoms with van der Waals surface area (Å²) in [6.07, 6.45) is 6.61. The van der Waals surface area contributed by atoms with Crippen molar-refractivity contribution < 1.29 is 19.1 Å². The third-order valence-electron chi connectivity index (χ3n) is 6.02. The molecule has 0 saturated carbocycles. The highest BCUT2D eigenvalue weighted by atomic mass is 35.5. The molecule has 3 amide bonds. The van der Waals surface area contributed by atoms with Crippen LogP contribution in [0.2, 0.25) is 0 Å². The van der Waals surface area contributed by atoms with Gasteiger partial charge < -0.3 is 15.0 Å². The van der Waals surface area contributed by atoms with E-state index in [0.29, 0.717) is 18.5 Å². The van der Waals surface area contributed by atoms with Crippen LogP contribution < -0.4 is 15.4 Å². The highest BCUT2D eigenvalue weighted by molar-refractivity contribution is 6.06. The number of carbonyl (C=O) groups excluding carboxylic acids is 3. The fourth-order valence-corrected chi connectivity index (χ4v) is 4.48. The van der Waals surface area contributed by atoms with E-state index >= 15 is 0 Å². The number of rotatable bonds is 1. The zero-order valence-electron chi connectivity index (χ0n) is 15.3. The van der Waals surface area contributed by atoms with Crippen molar-refractivity contribution in [3.05, 3.63) is 34.9 Å². The summed E-state index contributed by atoms with van der Waals surface area (Å²) in [5, 5.41) is 5.69. The molecule has 1 aromatic rings. The molecule has 0 radical (unpaired) electrons. The maximum Gasteiger partial charge on any atom is 0.255 e. The van der Waals surface area contributed by atoms with Crippen molar-refractivity contribution in [1.82, 2.24) is 15.5 Å². The number of carbonyl (C=O) groups is 3. The van der Waals surface area contributed by atoms with Gasteiger partial charge in [0.15, 0.2) is 0 Å². The van der Waals surface area contributed by atoms with Gasteiger partial charge in [-0.1, -0.05) is 12.1 Å². The van der Waals surface area contributed by atoms with Crippen LogP contribution in [0, 0.1) is 0 Å². The van der Waals surface area contributed by atoms with Crippen LogP contribution in [0.15, 0.2) is 18.2 Å². The molecule has 0 bridgehead atoms. The van der Waals surface area contributed by atoms with Gasteiger partial charge in [-0.15, -0.1) is 12.4 Å². The molecule has 1 atom stereocenters. The van der Waals surface area contributed by atoms with Crippen LogP contribution in [0.5, 0.6) is 5.75 Å². The Morgan fingerprint density at radius 2 is 1.93 bits per heavy atom. The summed E-state index contributed by atoms with van der Waals surface area (Å²) >= 11 is 0. The van der Waals surface area contributed by atoms with E-state index < -0.39 is 11.9 Å². The lowest BCUT2D eigenvalue weighted by Crippen LogP contribution is -2.52. The first-order valence-electron chi connectivity index (χ1n) is 9.46. The Labute approximate surface area is 168 Å². The lowest BCUT2D eigenvalue weighted by Gasteiger charge is -2.39. The van der Waals surface area contributed by atoms with Crippen LogP contribution in [0.3, 0.4) is 0 Å². The number of benzene rings is 1. The quantitative estimate of drug-likeness (QED) is 0.692. The van der Waals surface area contributed by atoms with Crippen LogP contribution in [-0.4, -0.2) is 47.4 Å². The summed E-state index contributed by atoms with van der Waals surface area (Å²) in [5.41, 5.74) is 2.09. The average Bonchev–Trinajstić information content (AvgIpc) is 3.00. The summed E-state index contributed by atoms with van der Waals surface area (Å²) in [6.45, 7) is 2.14. The van der Waals surface area contributed by atoms with Crippen molar-refractivity contribution in [2.45, 2.75) is 43.9 Å². The second kappa shape index (κ2) is 6.90. The zero-order valence-corrected chi connectivity index (χ0v) is 16.1. The molecule has 2 N–H and O–H groups in total. The summed E-state index contributed by atoms with van der Waals surface area (Å²) < 4.78 is 6.47. The molecule has 28 heavy (non-hydrogen) atoms. The van der Waals surface area contributed by atoms with Crippen molar-refractivity contribution in [3.8, 4) is 5.75 Å². The molecule has 4 aliphatic rings. The predicted molar refractivity (Wildman–Crippen MR) is 104 cm³/mol. The van der Waals surface area contributed by atoms with Gasteiger partial charge in [-0.2, -0.15) is 0 Å². The molecule has 1 unspecified atom stereocenters. The van der Waals surface area contributed by atoms with Gasteiger partial charge >= 0.3 is 0 Å². The molecular weight excluding hydrogens is 382 g/mol. The SMILES string of the molecule is Cl.O=C1CCC(N2Cc3c(ccc4c3OC3(C=C4)CCNCC3)C2=O)C(=O)N1. The lowest BCUT2D eigenvalue weighted by atomic mass is 9.88. The van der Waals surface area contributed by atoms with Crippen LogP contribution in [0.25, 0.3) is 6.08 Å². The summed E-state index contributed by atoms with van der Waals surface area (Å²) in [6, 6.07) is 3.12. The second-order valence-electron chi connectivity index (χ2n) is 7.66. The first kappa shape index (κ1) is 19.0. The number of imide groups is 1. The van der Waals surface area contributed by atoms with Gasteiger partial charge in [-0.05, 0) is 31.7 Å². The molecule has 1 spiro atoms. The van der Waals surface area contributed by atoms with Gasteiger partial charge in [-0.3, -0.25) is 19.7 Å². The minimum absolute atomic E-state index is 0. The van der Waals surface area contributed by atoms with Crippen LogP contribution in [0.1, 0.15) is 47.2 Å². The van der Waals surface area contributed by atoms with Crippen molar-refractivity contribution in [1.29, 1.82) is 0 Å². The summed E-state index contributed by atoms with van der Waals surface area (Å²) in [7, 11) is 0. The standard InChI is InChI=1S/C20H21N3O4.ClH/c24-16-4-3-15(18(25)22-16)23-11-14-13(19(23)26)2-1-12-5-6-20(27-17(12)14)7-9-21-10-8-20;/h1-2,5-6,15,21H,3-4,7-11H2,(H,22,24,25);1H. The number of hydrogen-bond acceptors (Lipinski definition) is 5. The molecule has 4 aliphatic heterocycles. The number of piperidine rings is 2. The second-order valence-corrected chi connectivity index (χ2v) is 7.66. The Bertz CT molecular complexity index is 892. The van der Waals surface area contributed by atoms with E-state index in [1.165, 1.54) is 0 Å². The molecule has 7 nitrogen and oxygen atoms in total. The van der Waals surface area contributed by atoms with Crippen molar-refractivity contribution in [3.63, 3.8) is 0 Å². The highest BCUT2D eigenvalue weighted by Crippen LogP contribution is 2.42. The van der Waals surface area contributed by atoms with Crippen LogP contribution in [-0.2, 0) is 16.1 Å². The highest BCUT2D eigenvalue weighted by Gasteiger charge is 2.42. The van der Waals surface area contributed by atoms with Gasteiger partial charge in [-0.25, -0.2) is 0 Å². The molecule has 8 heteroatoms. The average molecular weight is 404 g/mol. The van der Waals surface area contributed by atoms with Gasteiger partial charge in [0.25, 0.3) is 5.91 Å². The van der Waals surface area contributed by atoms with Crippen molar-refractivity contribution in [2.24, 2.45) is 0 Å². The molecule has 0 aromatic heterocycles. The van der Waals surface area contributed by atoms with Gasteiger partial charge in [0.05, 0.1) is 6.54 Å². The maximum absolute atomic E-state index is 13.0. The Balaban J connectivity index is 0.00000192. The van der Waals surface area contributed by atoms with Gasteiger partial charge in [0.2, 0.25) is 11.8 Å². The third kappa shape index (κ3) is 2.89. The molecule has 148 valence electrons. The summed E-state index contributed by atoms with van der Waals surface area (Å²) in [4.78, 5) is 38.2. The zero-order chi connectivity index (χ0) is 18.6. The van der Waals surface area contributed by atoms with E-state index in [1.807, 2.05) is 12.1 Å². The lowest BCUT2D eigenvalue weighted by molar-refractivity contribution is -0.136. The smallest absolute Gasteiger partial charge is 0.255 e. The fourth-order valence-electron chi connectivity index (χ4n) is 4.48. The first-order chi connectivity index (χ1) is 13.1. The fraction of sp³-hybridized carbons (Fsp3) is 0.450. The Morgan fingerprint density at radius 1 is 1.14 bits per heavy atom. The molecule has 2 saturated heterocycles. The maximum atomic E-state index is 13.0.